The van der Waals surface area contributed by atoms with Crippen molar-refractivity contribution >= 4 is 0 Å². The molecule has 0 heterocycles. The van der Waals surface area contributed by atoms with Crippen molar-refractivity contribution in [3.63, 3.8) is 0 Å². The fraction of sp³-hybridized carbons (Fsp3) is 0.625. The van der Waals surface area contributed by atoms with Gasteiger partial charge in [-0.1, -0.05) is 18.2 Å². The zero-order chi connectivity index (χ0) is 14.4. The van der Waals surface area contributed by atoms with Crippen LogP contribution in [-0.4, -0.2) is 11.7 Å². The zero-order valence-corrected chi connectivity index (χ0v) is 11.7. The fourth-order valence-corrected chi connectivity index (χ4v) is 3.16. The van der Waals surface area contributed by atoms with Gasteiger partial charge in [0.15, 0.2) is 0 Å². The predicted molar refractivity (Wildman–Crippen MR) is 72.7 cm³/mol. The molecule has 1 atom stereocenters. The standard InChI is InChI=1S/C16H20F3N/c1-11(20-15(8-9-15)16(17,18)19)13-7-6-12-4-2-3-5-14(12)10-13/h6-7,10-11,20H,2-5,8-9H2,1H3. The minimum Gasteiger partial charge on any atom is -0.297 e. The van der Waals surface area contributed by atoms with Crippen LogP contribution in [0.3, 0.4) is 0 Å². The van der Waals surface area contributed by atoms with Crippen LogP contribution in [0.15, 0.2) is 18.2 Å². The third-order valence-corrected chi connectivity index (χ3v) is 4.66. The molecule has 0 aliphatic heterocycles. The molecule has 1 saturated carbocycles. The van der Waals surface area contributed by atoms with Crippen LogP contribution in [0.25, 0.3) is 0 Å². The molecule has 0 saturated heterocycles. The van der Waals surface area contributed by atoms with Crippen molar-refractivity contribution in [1.82, 2.24) is 5.32 Å². The average molecular weight is 283 g/mol. The van der Waals surface area contributed by atoms with E-state index in [1.165, 1.54) is 24.0 Å². The van der Waals surface area contributed by atoms with Crippen LogP contribution in [0.4, 0.5) is 13.2 Å². The van der Waals surface area contributed by atoms with Crippen molar-refractivity contribution in [3.8, 4) is 0 Å². The van der Waals surface area contributed by atoms with E-state index in [2.05, 4.69) is 17.4 Å². The fourth-order valence-electron chi connectivity index (χ4n) is 3.16. The Bertz CT molecular complexity index is 503. The Balaban J connectivity index is 1.76. The van der Waals surface area contributed by atoms with Crippen LogP contribution >= 0.6 is 0 Å². The second kappa shape index (κ2) is 4.76. The molecule has 0 aromatic heterocycles. The summed E-state index contributed by atoms with van der Waals surface area (Å²) in [6.45, 7) is 1.83. The number of aryl methyl sites for hydroxylation is 2. The molecule has 0 bridgehead atoms. The Kier molecular flexibility index (Phi) is 3.32. The number of fused-ring (bicyclic) bond motifs is 1. The van der Waals surface area contributed by atoms with E-state index >= 15 is 0 Å². The van der Waals surface area contributed by atoms with Gasteiger partial charge in [-0.2, -0.15) is 13.2 Å². The monoisotopic (exact) mass is 283 g/mol. The predicted octanol–water partition coefficient (Wildman–Crippen LogP) is 4.31. The Morgan fingerprint density at radius 3 is 2.35 bits per heavy atom. The van der Waals surface area contributed by atoms with Gasteiger partial charge < -0.3 is 0 Å². The number of nitrogens with one attached hydrogen (secondary N) is 1. The van der Waals surface area contributed by atoms with Crippen LogP contribution in [0.2, 0.25) is 0 Å². The lowest BCUT2D eigenvalue weighted by molar-refractivity contribution is -0.167. The van der Waals surface area contributed by atoms with E-state index in [9.17, 15) is 13.2 Å². The largest absolute Gasteiger partial charge is 0.406 e. The molecule has 20 heavy (non-hydrogen) atoms. The van der Waals surface area contributed by atoms with Crippen molar-refractivity contribution in [2.24, 2.45) is 0 Å². The third kappa shape index (κ3) is 2.46. The van der Waals surface area contributed by atoms with E-state index in [1.807, 2.05) is 13.0 Å². The van der Waals surface area contributed by atoms with Gasteiger partial charge in [-0.15, -0.1) is 0 Å². The third-order valence-electron chi connectivity index (χ3n) is 4.66. The summed E-state index contributed by atoms with van der Waals surface area (Å²) in [5.41, 5.74) is 2.02. The average Bonchev–Trinajstić information content (AvgIpc) is 3.18. The van der Waals surface area contributed by atoms with Gasteiger partial charge in [0.25, 0.3) is 0 Å². The van der Waals surface area contributed by atoms with Gasteiger partial charge in [-0.05, 0) is 62.1 Å². The smallest absolute Gasteiger partial charge is 0.297 e. The summed E-state index contributed by atoms with van der Waals surface area (Å²) in [5.74, 6) is 0. The summed E-state index contributed by atoms with van der Waals surface area (Å²) in [7, 11) is 0. The van der Waals surface area contributed by atoms with E-state index in [0.29, 0.717) is 0 Å². The number of benzene rings is 1. The second-order valence-electron chi connectivity index (χ2n) is 6.18. The lowest BCUT2D eigenvalue weighted by Crippen LogP contribution is -2.45. The van der Waals surface area contributed by atoms with Crippen LogP contribution in [0, 0.1) is 0 Å². The van der Waals surface area contributed by atoms with Gasteiger partial charge in [0, 0.05) is 6.04 Å². The van der Waals surface area contributed by atoms with E-state index < -0.39 is 11.7 Å². The second-order valence-corrected chi connectivity index (χ2v) is 6.18. The van der Waals surface area contributed by atoms with Crippen LogP contribution < -0.4 is 5.32 Å². The maximum atomic E-state index is 13.0. The minimum atomic E-state index is -4.14. The molecule has 3 rings (SSSR count). The molecular weight excluding hydrogens is 263 g/mol. The molecular formula is C16H20F3N. The summed E-state index contributed by atoms with van der Waals surface area (Å²) >= 11 is 0. The molecule has 1 aromatic carbocycles. The van der Waals surface area contributed by atoms with E-state index in [-0.39, 0.29) is 18.9 Å². The maximum absolute atomic E-state index is 13.0. The molecule has 1 N–H and O–H groups in total. The lowest BCUT2D eigenvalue weighted by Gasteiger charge is -2.26. The molecule has 0 amide bonds. The summed E-state index contributed by atoms with van der Waals surface area (Å²) < 4.78 is 38.9. The van der Waals surface area contributed by atoms with E-state index in [1.54, 1.807) is 0 Å². The zero-order valence-electron chi connectivity index (χ0n) is 11.7. The molecule has 2 aliphatic carbocycles. The first-order valence-corrected chi connectivity index (χ1v) is 7.37. The van der Waals surface area contributed by atoms with Gasteiger partial charge >= 0.3 is 6.18 Å². The van der Waals surface area contributed by atoms with Crippen LogP contribution in [-0.2, 0) is 12.8 Å². The van der Waals surface area contributed by atoms with Crippen LogP contribution in [0.5, 0.6) is 0 Å². The highest BCUT2D eigenvalue weighted by molar-refractivity contribution is 5.35. The van der Waals surface area contributed by atoms with Gasteiger partial charge in [-0.25, -0.2) is 0 Å². The van der Waals surface area contributed by atoms with Gasteiger partial charge in [0.2, 0.25) is 0 Å². The summed E-state index contributed by atoms with van der Waals surface area (Å²) in [6.07, 6.45) is 0.819. The first kappa shape index (κ1) is 13.9. The summed E-state index contributed by atoms with van der Waals surface area (Å²) in [5, 5.41) is 2.81. The maximum Gasteiger partial charge on any atom is 0.406 e. The first-order valence-electron chi connectivity index (χ1n) is 7.37. The molecule has 110 valence electrons. The van der Waals surface area contributed by atoms with Gasteiger partial charge in [-0.3, -0.25) is 5.32 Å². The lowest BCUT2D eigenvalue weighted by atomic mass is 9.89. The highest BCUT2D eigenvalue weighted by Crippen LogP contribution is 2.50. The molecule has 1 aromatic rings. The van der Waals surface area contributed by atoms with Crippen molar-refractivity contribution in [3.05, 3.63) is 34.9 Å². The van der Waals surface area contributed by atoms with E-state index in [4.69, 9.17) is 0 Å². The molecule has 1 unspecified atom stereocenters. The topological polar surface area (TPSA) is 12.0 Å². The minimum absolute atomic E-state index is 0.200. The normalized spacial score (nSPS) is 22.2. The molecule has 1 fully saturated rings. The summed E-state index contributed by atoms with van der Waals surface area (Å²) in [4.78, 5) is 0. The first-order chi connectivity index (χ1) is 9.41. The summed E-state index contributed by atoms with van der Waals surface area (Å²) in [6, 6.07) is 5.91. The van der Waals surface area contributed by atoms with Crippen molar-refractivity contribution in [2.45, 2.75) is 63.2 Å². The molecule has 2 aliphatic rings. The Morgan fingerprint density at radius 1 is 1.10 bits per heavy atom. The molecule has 4 heteroatoms. The van der Waals surface area contributed by atoms with Crippen molar-refractivity contribution in [1.29, 1.82) is 0 Å². The molecule has 0 spiro atoms. The van der Waals surface area contributed by atoms with Crippen LogP contribution in [0.1, 0.15) is 55.3 Å². The van der Waals surface area contributed by atoms with Gasteiger partial charge in [0.05, 0.1) is 0 Å². The van der Waals surface area contributed by atoms with Crippen molar-refractivity contribution in [2.75, 3.05) is 0 Å². The highest BCUT2D eigenvalue weighted by atomic mass is 19.4. The Morgan fingerprint density at radius 2 is 1.75 bits per heavy atom. The molecule has 0 radical (unpaired) electrons. The number of hydrogen-bond donors (Lipinski definition) is 1. The Hall–Kier alpha value is -1.03. The van der Waals surface area contributed by atoms with E-state index in [0.717, 1.165) is 18.4 Å². The number of alkyl halides is 3. The number of rotatable bonds is 3. The number of hydrogen-bond acceptors (Lipinski definition) is 1. The van der Waals surface area contributed by atoms with Gasteiger partial charge in [0.1, 0.15) is 5.54 Å². The highest BCUT2D eigenvalue weighted by Gasteiger charge is 2.63. The quantitative estimate of drug-likeness (QED) is 0.871. The SMILES string of the molecule is CC(NC1(C(F)(F)F)CC1)c1ccc2c(c1)CCCC2. The Labute approximate surface area is 117 Å². The molecule has 1 nitrogen and oxygen atoms in total. The van der Waals surface area contributed by atoms with Crippen molar-refractivity contribution < 1.29 is 13.2 Å². The number of halogens is 3.